The van der Waals surface area contributed by atoms with Crippen LogP contribution in [0.5, 0.6) is 17.2 Å². The number of aryl methyl sites for hydroxylation is 1. The number of aromatic hydroxyl groups is 1. The van der Waals surface area contributed by atoms with Crippen molar-refractivity contribution in [3.63, 3.8) is 0 Å². The van der Waals surface area contributed by atoms with Gasteiger partial charge in [0, 0.05) is 5.92 Å². The van der Waals surface area contributed by atoms with Crippen molar-refractivity contribution in [1.82, 2.24) is 0 Å². The van der Waals surface area contributed by atoms with Crippen molar-refractivity contribution in [2.24, 2.45) is 23.7 Å². The molecule has 9 nitrogen and oxygen atoms in total. The van der Waals surface area contributed by atoms with Crippen LogP contribution < -0.4 is 19.3 Å². The number of hydrogen-bond donors (Lipinski definition) is 1. The first kappa shape index (κ1) is 33.8. The molecule has 2 heterocycles. The van der Waals surface area contributed by atoms with E-state index in [2.05, 4.69) is 0 Å². The molecule has 50 heavy (non-hydrogen) atoms. The van der Waals surface area contributed by atoms with Gasteiger partial charge in [-0.1, -0.05) is 42.9 Å². The Kier molecular flexibility index (Phi) is 8.30. The lowest BCUT2D eigenvalue weighted by molar-refractivity contribution is -0.125. The number of ether oxygens (including phenoxy) is 2. The summed E-state index contributed by atoms with van der Waals surface area (Å²) < 4.78 is 24.5. The van der Waals surface area contributed by atoms with Gasteiger partial charge in [-0.2, -0.15) is 0 Å². The van der Waals surface area contributed by atoms with Gasteiger partial charge in [-0.05, 0) is 84.8 Å². The Balaban J connectivity index is 1.36. The summed E-state index contributed by atoms with van der Waals surface area (Å²) in [7, 11) is 2.78. The standard InChI is InChI=1S/C38H33Cl2FN2O7/c1-4-20-5-10-23(11-6-20)42-33(45)26-15-14-25-27(31(26)34(42)46)19-37(39)35(47)43(24-12-8-22(41)9-13-24)36(48)38(37,40)28(25)16-7-21-17-29(49-2)32(44)30(18-21)50-3/h5-14,16-18,26-28,31,44H,4,15,19H2,1-3H3. The van der Waals surface area contributed by atoms with Gasteiger partial charge in [0.1, 0.15) is 5.82 Å². The summed E-state index contributed by atoms with van der Waals surface area (Å²) in [6, 6.07) is 15.2. The summed E-state index contributed by atoms with van der Waals surface area (Å²) in [6.45, 7) is 2.01. The molecule has 4 amide bonds. The Morgan fingerprint density at radius 1 is 0.880 bits per heavy atom. The predicted molar refractivity (Wildman–Crippen MR) is 186 cm³/mol. The average Bonchev–Trinajstić information content (AvgIpc) is 3.46. The number of halogens is 3. The molecule has 3 fully saturated rings. The summed E-state index contributed by atoms with van der Waals surface area (Å²) in [5.74, 6) is -6.18. The Morgan fingerprint density at radius 3 is 2.08 bits per heavy atom. The number of anilines is 2. The quantitative estimate of drug-likeness (QED) is 0.170. The summed E-state index contributed by atoms with van der Waals surface area (Å²) in [4.78, 5) is 55.0. The third kappa shape index (κ3) is 4.79. The van der Waals surface area contributed by atoms with Crippen LogP contribution in [0.4, 0.5) is 15.8 Å². The lowest BCUT2D eigenvalue weighted by Crippen LogP contribution is -2.60. The number of rotatable bonds is 7. The number of benzene rings is 3. The third-order valence-electron chi connectivity index (χ3n) is 10.5. The Labute approximate surface area is 297 Å². The van der Waals surface area contributed by atoms with Gasteiger partial charge >= 0.3 is 0 Å². The fourth-order valence-corrected chi connectivity index (χ4v) is 8.89. The van der Waals surface area contributed by atoms with Gasteiger partial charge in [-0.3, -0.25) is 24.1 Å². The second-order valence-electron chi connectivity index (χ2n) is 13.0. The number of amides is 4. The zero-order chi connectivity index (χ0) is 35.7. The predicted octanol–water partition coefficient (Wildman–Crippen LogP) is 6.42. The van der Waals surface area contributed by atoms with Crippen LogP contribution in [0.15, 0.2) is 78.4 Å². The van der Waals surface area contributed by atoms with Crippen LogP contribution in [0.25, 0.3) is 6.08 Å². The average molecular weight is 720 g/mol. The van der Waals surface area contributed by atoms with E-state index in [4.69, 9.17) is 32.7 Å². The van der Waals surface area contributed by atoms with Crippen molar-refractivity contribution < 1.29 is 38.1 Å². The van der Waals surface area contributed by atoms with E-state index < -0.39 is 57.0 Å². The van der Waals surface area contributed by atoms with Gasteiger partial charge in [0.05, 0.1) is 37.4 Å². The van der Waals surface area contributed by atoms with Crippen LogP contribution in [-0.4, -0.2) is 52.7 Å². The molecule has 6 atom stereocenters. The van der Waals surface area contributed by atoms with E-state index in [1.165, 1.54) is 31.3 Å². The molecule has 0 aromatic heterocycles. The molecular weight excluding hydrogens is 686 g/mol. The number of nitrogens with zero attached hydrogens (tertiary/aromatic N) is 2. The number of carbonyl (C=O) groups is 4. The molecule has 0 bridgehead atoms. The van der Waals surface area contributed by atoms with Crippen molar-refractivity contribution in [2.75, 3.05) is 24.0 Å². The molecule has 2 aliphatic heterocycles. The van der Waals surface area contributed by atoms with Gasteiger partial charge in [0.25, 0.3) is 11.8 Å². The fraction of sp³-hybridized carbons (Fsp3) is 0.316. The Hall–Kier alpha value is -4.67. The fourth-order valence-electron chi connectivity index (χ4n) is 8.00. The molecule has 7 rings (SSSR count). The number of phenols is 1. The second kappa shape index (κ2) is 12.3. The van der Waals surface area contributed by atoms with Crippen LogP contribution >= 0.6 is 23.2 Å². The maximum Gasteiger partial charge on any atom is 0.258 e. The number of phenolic OH excluding ortho intramolecular Hbond substituents is 1. The molecule has 12 heteroatoms. The molecule has 3 aromatic carbocycles. The van der Waals surface area contributed by atoms with Crippen molar-refractivity contribution in [2.45, 2.75) is 35.9 Å². The van der Waals surface area contributed by atoms with Gasteiger partial charge in [-0.15, -0.1) is 23.2 Å². The summed E-state index contributed by atoms with van der Waals surface area (Å²) >= 11 is 14.8. The number of hydrogen-bond acceptors (Lipinski definition) is 7. The largest absolute Gasteiger partial charge is 0.502 e. The molecule has 0 radical (unpaired) electrons. The Bertz CT molecular complexity index is 1970. The monoisotopic (exact) mass is 718 g/mol. The van der Waals surface area contributed by atoms with Crippen LogP contribution in [0.2, 0.25) is 0 Å². The van der Waals surface area contributed by atoms with E-state index in [1.807, 2.05) is 25.1 Å². The van der Waals surface area contributed by atoms with Crippen molar-refractivity contribution in [3.05, 3.63) is 95.3 Å². The molecule has 0 spiro atoms. The Morgan fingerprint density at radius 2 is 1.48 bits per heavy atom. The summed E-state index contributed by atoms with van der Waals surface area (Å²) in [5.41, 5.74) is 2.72. The van der Waals surface area contributed by atoms with Gasteiger partial charge < -0.3 is 14.6 Å². The normalized spacial score (nSPS) is 28.9. The summed E-state index contributed by atoms with van der Waals surface area (Å²) in [6.07, 6.45) is 5.94. The summed E-state index contributed by atoms with van der Waals surface area (Å²) in [5, 5.41) is 10.5. The van der Waals surface area contributed by atoms with Gasteiger partial charge in [0.15, 0.2) is 21.2 Å². The zero-order valence-corrected chi connectivity index (χ0v) is 28.9. The molecule has 6 unspecified atom stereocenters. The first-order valence-corrected chi connectivity index (χ1v) is 17.0. The first-order chi connectivity index (χ1) is 23.9. The topological polar surface area (TPSA) is 113 Å². The maximum absolute atomic E-state index is 14.5. The van der Waals surface area contributed by atoms with Crippen molar-refractivity contribution in [3.8, 4) is 17.2 Å². The van der Waals surface area contributed by atoms with E-state index in [1.54, 1.807) is 36.4 Å². The van der Waals surface area contributed by atoms with Crippen LogP contribution in [-0.2, 0) is 25.6 Å². The first-order valence-electron chi connectivity index (χ1n) is 16.2. The number of allylic oxidation sites excluding steroid dienone is 3. The van der Waals surface area contributed by atoms with Gasteiger partial charge in [-0.25, -0.2) is 9.29 Å². The highest BCUT2D eigenvalue weighted by molar-refractivity contribution is 6.58. The van der Waals surface area contributed by atoms with Crippen molar-refractivity contribution in [1.29, 1.82) is 0 Å². The van der Waals surface area contributed by atoms with E-state index in [0.717, 1.165) is 29.0 Å². The van der Waals surface area contributed by atoms with E-state index >= 15 is 0 Å². The lowest BCUT2D eigenvalue weighted by Gasteiger charge is -2.49. The zero-order valence-electron chi connectivity index (χ0n) is 27.4. The minimum Gasteiger partial charge on any atom is -0.502 e. The van der Waals surface area contributed by atoms with Gasteiger partial charge in [0.2, 0.25) is 17.6 Å². The van der Waals surface area contributed by atoms with E-state index in [9.17, 15) is 28.7 Å². The molecule has 2 saturated heterocycles. The highest BCUT2D eigenvalue weighted by Crippen LogP contribution is 2.63. The van der Waals surface area contributed by atoms with Crippen LogP contribution in [0.1, 0.15) is 30.9 Å². The number of fused-ring (bicyclic) bond motifs is 4. The molecule has 2 aliphatic carbocycles. The van der Waals surface area contributed by atoms with Crippen molar-refractivity contribution >= 4 is 64.3 Å². The SMILES string of the molecule is CCc1ccc(N2C(=O)C3CC=C4C(CC5(Cl)C(=O)N(c6ccc(F)cc6)C(=O)C5(Cl)C4C=Cc4cc(OC)c(O)c(OC)c4)C3C2=O)cc1. The number of methoxy groups -OCH3 is 2. The lowest BCUT2D eigenvalue weighted by atomic mass is 9.57. The smallest absolute Gasteiger partial charge is 0.258 e. The third-order valence-corrected chi connectivity index (χ3v) is 12.0. The molecule has 258 valence electrons. The highest BCUT2D eigenvalue weighted by atomic mass is 35.5. The molecule has 1 N–H and O–H groups in total. The number of imide groups is 2. The van der Waals surface area contributed by atoms with Crippen LogP contribution in [0, 0.1) is 29.5 Å². The van der Waals surface area contributed by atoms with E-state index in [0.29, 0.717) is 16.8 Å². The van der Waals surface area contributed by atoms with Crippen LogP contribution in [0.3, 0.4) is 0 Å². The molecule has 4 aliphatic rings. The minimum atomic E-state index is -2.07. The molecule has 1 saturated carbocycles. The molecule has 3 aromatic rings. The molecular formula is C38H33Cl2FN2O7. The minimum absolute atomic E-state index is 0.0928. The maximum atomic E-state index is 14.5. The number of carbonyl (C=O) groups excluding carboxylic acids is 4. The second-order valence-corrected chi connectivity index (χ2v) is 14.2. The highest BCUT2D eigenvalue weighted by Gasteiger charge is 2.76. The van der Waals surface area contributed by atoms with E-state index in [-0.39, 0.29) is 41.7 Å². The number of alkyl halides is 2.